The monoisotopic (exact) mass is 464 g/mol. The average molecular weight is 464 g/mol. The summed E-state index contributed by atoms with van der Waals surface area (Å²) < 4.78 is 13.1. The molecule has 0 spiro atoms. The SMILES string of the molecule is C=CC1=C(C/C=C\C)C(B2OC(C)(C)C(C)(C)O2)=CCC2=C1c1c(ccc3ccccc13)C2(C)C. The minimum Gasteiger partial charge on any atom is -0.399 e. The van der Waals surface area contributed by atoms with Crippen molar-refractivity contribution < 1.29 is 9.31 Å². The van der Waals surface area contributed by atoms with Gasteiger partial charge in [-0.2, -0.15) is 0 Å². The van der Waals surface area contributed by atoms with Crippen LogP contribution in [0.2, 0.25) is 0 Å². The first-order chi connectivity index (χ1) is 16.5. The van der Waals surface area contributed by atoms with E-state index in [2.05, 4.69) is 116 Å². The first kappa shape index (κ1) is 24.1. The van der Waals surface area contributed by atoms with Crippen molar-refractivity contribution >= 4 is 23.5 Å². The van der Waals surface area contributed by atoms with Gasteiger partial charge in [-0.25, -0.2) is 0 Å². The molecule has 0 radical (unpaired) electrons. The normalized spacial score (nSPS) is 22.5. The van der Waals surface area contributed by atoms with Crippen LogP contribution in [0.15, 0.2) is 89.5 Å². The van der Waals surface area contributed by atoms with E-state index in [4.69, 9.17) is 9.31 Å². The Labute approximate surface area is 211 Å². The first-order valence-corrected chi connectivity index (χ1v) is 12.8. The van der Waals surface area contributed by atoms with Gasteiger partial charge in [0.1, 0.15) is 0 Å². The molecule has 0 bridgehead atoms. The zero-order chi connectivity index (χ0) is 25.2. The zero-order valence-corrected chi connectivity index (χ0v) is 22.3. The summed E-state index contributed by atoms with van der Waals surface area (Å²) in [6.45, 7) is 19.6. The molecule has 1 fully saturated rings. The summed E-state index contributed by atoms with van der Waals surface area (Å²) >= 11 is 0. The Morgan fingerprint density at radius 1 is 0.971 bits per heavy atom. The van der Waals surface area contributed by atoms with Crippen LogP contribution in [-0.4, -0.2) is 18.3 Å². The van der Waals surface area contributed by atoms with Crippen molar-refractivity contribution in [2.45, 2.75) is 77.9 Å². The van der Waals surface area contributed by atoms with Crippen molar-refractivity contribution in [3.63, 3.8) is 0 Å². The number of rotatable bonds is 4. The summed E-state index contributed by atoms with van der Waals surface area (Å²) in [5, 5.41) is 2.59. The molecule has 1 heterocycles. The van der Waals surface area contributed by atoms with Crippen LogP contribution in [0.5, 0.6) is 0 Å². The Kier molecular flexibility index (Phi) is 5.66. The number of hydrogen-bond acceptors (Lipinski definition) is 2. The molecular formula is C32H37BO2. The quantitative estimate of drug-likeness (QED) is 0.335. The van der Waals surface area contributed by atoms with Crippen LogP contribution in [0.1, 0.15) is 72.4 Å². The number of allylic oxidation sites excluding steroid dienone is 9. The Hall–Kier alpha value is -2.62. The van der Waals surface area contributed by atoms with Crippen LogP contribution in [0, 0.1) is 0 Å². The van der Waals surface area contributed by atoms with Crippen molar-refractivity contribution in [3.05, 3.63) is 101 Å². The molecule has 1 aliphatic heterocycles. The standard InChI is InChI=1S/C32H37BO2/c1-9-11-15-24-22(10-2)28-26(19-20-27(24)33-34-31(5,6)32(7,8)35-33)30(3,4)25-18-17-21-14-12-13-16-23(21)29(25)28/h9-14,16-18,20H,2,15,19H2,1,3-8H3/b11-9-. The lowest BCUT2D eigenvalue weighted by Gasteiger charge is -2.32. The van der Waals surface area contributed by atoms with Crippen LogP contribution in [0.4, 0.5) is 0 Å². The fourth-order valence-electron chi connectivity index (χ4n) is 5.88. The van der Waals surface area contributed by atoms with E-state index in [1.54, 1.807) is 0 Å². The lowest BCUT2D eigenvalue weighted by molar-refractivity contribution is 0.00578. The summed E-state index contributed by atoms with van der Waals surface area (Å²) in [5.41, 5.74) is 8.31. The maximum atomic E-state index is 6.57. The smallest absolute Gasteiger partial charge is 0.399 e. The summed E-state index contributed by atoms with van der Waals surface area (Å²) in [5.74, 6) is 0. The van der Waals surface area contributed by atoms with E-state index in [-0.39, 0.29) is 16.6 Å². The highest BCUT2D eigenvalue weighted by molar-refractivity contribution is 6.56. The topological polar surface area (TPSA) is 18.5 Å². The Bertz CT molecular complexity index is 1330. The lowest BCUT2D eigenvalue weighted by atomic mass is 9.70. The molecule has 3 aliphatic rings. The van der Waals surface area contributed by atoms with Gasteiger partial charge in [0.05, 0.1) is 11.2 Å². The number of fused-ring (bicyclic) bond motifs is 4. The second-order valence-corrected chi connectivity index (χ2v) is 11.5. The van der Waals surface area contributed by atoms with E-state index in [1.807, 2.05) is 0 Å². The van der Waals surface area contributed by atoms with Crippen molar-refractivity contribution in [1.82, 2.24) is 0 Å². The lowest BCUT2D eigenvalue weighted by Crippen LogP contribution is -2.41. The molecule has 0 unspecified atom stereocenters. The van der Waals surface area contributed by atoms with Crippen LogP contribution >= 0.6 is 0 Å². The van der Waals surface area contributed by atoms with Gasteiger partial charge in [0.15, 0.2) is 0 Å². The molecule has 180 valence electrons. The van der Waals surface area contributed by atoms with Crippen LogP contribution in [-0.2, 0) is 14.7 Å². The van der Waals surface area contributed by atoms with E-state index in [1.165, 1.54) is 44.2 Å². The minimum atomic E-state index is -0.398. The van der Waals surface area contributed by atoms with E-state index < -0.39 is 7.12 Å². The predicted molar refractivity (Wildman–Crippen MR) is 149 cm³/mol. The van der Waals surface area contributed by atoms with E-state index in [0.29, 0.717) is 0 Å². The maximum Gasteiger partial charge on any atom is 0.494 e. The molecular weight excluding hydrogens is 427 g/mol. The predicted octanol–water partition coefficient (Wildman–Crippen LogP) is 8.29. The highest BCUT2D eigenvalue weighted by Crippen LogP contribution is 2.55. The molecule has 0 aromatic heterocycles. The van der Waals surface area contributed by atoms with Gasteiger partial charge >= 0.3 is 7.12 Å². The summed E-state index contributed by atoms with van der Waals surface area (Å²) in [7, 11) is -0.398. The van der Waals surface area contributed by atoms with Crippen molar-refractivity contribution in [1.29, 1.82) is 0 Å². The molecule has 0 N–H and O–H groups in total. The van der Waals surface area contributed by atoms with Crippen LogP contribution in [0.3, 0.4) is 0 Å². The molecule has 35 heavy (non-hydrogen) atoms. The molecule has 2 aliphatic carbocycles. The fraction of sp³-hybridized carbons (Fsp3) is 0.375. The second kappa shape index (κ2) is 8.22. The summed E-state index contributed by atoms with van der Waals surface area (Å²) in [6.07, 6.45) is 10.5. The fourth-order valence-corrected chi connectivity index (χ4v) is 5.88. The third kappa shape index (κ3) is 3.55. The van der Waals surface area contributed by atoms with Gasteiger partial charge in [-0.15, -0.1) is 0 Å². The van der Waals surface area contributed by atoms with Crippen LogP contribution in [0.25, 0.3) is 16.3 Å². The molecule has 5 rings (SSSR count). The third-order valence-corrected chi connectivity index (χ3v) is 8.65. The van der Waals surface area contributed by atoms with Gasteiger partial charge in [0, 0.05) is 5.41 Å². The zero-order valence-electron chi connectivity index (χ0n) is 22.3. The summed E-state index contributed by atoms with van der Waals surface area (Å²) in [6, 6.07) is 13.3. The molecule has 1 saturated heterocycles. The number of hydrogen-bond donors (Lipinski definition) is 0. The molecule has 0 saturated carbocycles. The van der Waals surface area contributed by atoms with Gasteiger partial charge in [0.2, 0.25) is 0 Å². The Balaban J connectivity index is 1.77. The highest BCUT2D eigenvalue weighted by atomic mass is 16.7. The Morgan fingerprint density at radius 3 is 2.31 bits per heavy atom. The van der Waals surface area contributed by atoms with E-state index >= 15 is 0 Å². The average Bonchev–Trinajstić information content (AvgIpc) is 3.08. The van der Waals surface area contributed by atoms with Gasteiger partial charge in [-0.05, 0) is 97.1 Å². The molecule has 0 atom stereocenters. The van der Waals surface area contributed by atoms with Gasteiger partial charge in [-0.1, -0.05) is 81.1 Å². The molecule has 2 aromatic rings. The summed E-state index contributed by atoms with van der Waals surface area (Å²) in [4.78, 5) is 0. The molecule has 3 heteroatoms. The maximum absolute atomic E-state index is 6.57. The number of benzene rings is 2. The molecule has 2 aromatic carbocycles. The van der Waals surface area contributed by atoms with Crippen LogP contribution < -0.4 is 0 Å². The Morgan fingerprint density at radius 2 is 1.66 bits per heavy atom. The van der Waals surface area contributed by atoms with E-state index in [9.17, 15) is 0 Å². The molecule has 0 amide bonds. The van der Waals surface area contributed by atoms with Gasteiger partial charge in [-0.3, -0.25) is 0 Å². The molecule has 2 nitrogen and oxygen atoms in total. The second-order valence-electron chi connectivity index (χ2n) is 11.5. The van der Waals surface area contributed by atoms with E-state index in [0.717, 1.165) is 18.3 Å². The van der Waals surface area contributed by atoms with Crippen molar-refractivity contribution in [2.75, 3.05) is 0 Å². The van der Waals surface area contributed by atoms with Crippen molar-refractivity contribution in [2.24, 2.45) is 0 Å². The third-order valence-electron chi connectivity index (χ3n) is 8.65. The van der Waals surface area contributed by atoms with Crippen molar-refractivity contribution in [3.8, 4) is 0 Å². The van der Waals surface area contributed by atoms with Gasteiger partial charge in [0.25, 0.3) is 0 Å². The highest BCUT2D eigenvalue weighted by Gasteiger charge is 2.53. The largest absolute Gasteiger partial charge is 0.494 e. The minimum absolute atomic E-state index is 0.0729. The first-order valence-electron chi connectivity index (χ1n) is 12.8. The van der Waals surface area contributed by atoms with Gasteiger partial charge < -0.3 is 9.31 Å².